The Balaban J connectivity index is 1.43. The fraction of sp³-hybridized carbons (Fsp3) is 0.692. The number of hydrogen-bond donors (Lipinski definition) is 0. The van der Waals surface area contributed by atoms with Crippen LogP contribution in [0, 0.1) is 23.6 Å². The van der Waals surface area contributed by atoms with Crippen LogP contribution in [0.1, 0.15) is 90.0 Å². The third kappa shape index (κ3) is 6.09. The lowest BCUT2D eigenvalue weighted by molar-refractivity contribution is 0.186. The maximum atomic E-state index is 14.1. The second-order valence-corrected chi connectivity index (χ2v) is 9.08. The predicted molar refractivity (Wildman–Crippen MR) is 116 cm³/mol. The van der Waals surface area contributed by atoms with Crippen LogP contribution in [-0.2, 0) is 6.42 Å². The van der Waals surface area contributed by atoms with Crippen LogP contribution in [0.2, 0.25) is 0 Å². The number of aryl methyl sites for hydroxylation is 1. The maximum absolute atomic E-state index is 14.1. The molecule has 0 aromatic heterocycles. The molecule has 0 saturated heterocycles. The summed E-state index contributed by atoms with van der Waals surface area (Å²) >= 11 is 0. The molecule has 28 heavy (non-hydrogen) atoms. The van der Waals surface area contributed by atoms with Gasteiger partial charge in [0.05, 0.1) is 6.61 Å². The normalized spacial score (nSPS) is 25.4. The summed E-state index contributed by atoms with van der Waals surface area (Å²) in [5, 5.41) is 0. The van der Waals surface area contributed by atoms with Crippen LogP contribution in [-0.4, -0.2) is 6.61 Å². The van der Waals surface area contributed by atoms with Gasteiger partial charge in [-0.2, -0.15) is 0 Å². The van der Waals surface area contributed by atoms with Gasteiger partial charge in [-0.1, -0.05) is 57.2 Å². The number of rotatable bonds is 9. The van der Waals surface area contributed by atoms with Gasteiger partial charge in [0.15, 0.2) is 11.6 Å². The van der Waals surface area contributed by atoms with Gasteiger partial charge in [0.2, 0.25) is 0 Å². The van der Waals surface area contributed by atoms with Gasteiger partial charge in [-0.25, -0.2) is 4.39 Å². The first-order valence-electron chi connectivity index (χ1n) is 11.8. The number of hydrogen-bond acceptors (Lipinski definition) is 1. The number of allylic oxidation sites excluding steroid dienone is 2. The predicted octanol–water partition coefficient (Wildman–Crippen LogP) is 7.88. The van der Waals surface area contributed by atoms with Gasteiger partial charge in [0.1, 0.15) is 0 Å². The minimum Gasteiger partial charge on any atom is -0.491 e. The van der Waals surface area contributed by atoms with Crippen molar-refractivity contribution in [3.63, 3.8) is 0 Å². The second-order valence-electron chi connectivity index (χ2n) is 9.08. The fourth-order valence-corrected chi connectivity index (χ4v) is 5.25. The Morgan fingerprint density at radius 2 is 1.79 bits per heavy atom. The van der Waals surface area contributed by atoms with Crippen molar-refractivity contribution in [2.24, 2.45) is 17.8 Å². The molecule has 0 bridgehead atoms. The fourth-order valence-electron chi connectivity index (χ4n) is 5.25. The molecule has 156 valence electrons. The van der Waals surface area contributed by atoms with Gasteiger partial charge < -0.3 is 4.74 Å². The van der Waals surface area contributed by atoms with Crippen LogP contribution in [0.15, 0.2) is 29.8 Å². The molecule has 1 aromatic carbocycles. The summed E-state index contributed by atoms with van der Waals surface area (Å²) < 4.78 is 19.6. The first-order chi connectivity index (χ1) is 13.7. The molecule has 0 N–H and O–H groups in total. The average Bonchev–Trinajstić information content (AvgIpc) is 2.73. The summed E-state index contributed by atoms with van der Waals surface area (Å²) in [4.78, 5) is 0. The van der Waals surface area contributed by atoms with E-state index in [1.54, 1.807) is 17.7 Å². The van der Waals surface area contributed by atoms with Crippen molar-refractivity contribution in [3.8, 4) is 5.75 Å². The van der Waals surface area contributed by atoms with E-state index in [0.29, 0.717) is 12.4 Å². The minimum absolute atomic E-state index is 0.220. The largest absolute Gasteiger partial charge is 0.491 e. The molecular formula is C26H39FO. The molecule has 2 aliphatic rings. The lowest BCUT2D eigenvalue weighted by Gasteiger charge is -2.35. The molecule has 2 heteroatoms. The molecule has 2 aliphatic carbocycles. The molecule has 1 unspecified atom stereocenters. The summed E-state index contributed by atoms with van der Waals surface area (Å²) in [5.74, 6) is 3.06. The maximum Gasteiger partial charge on any atom is 0.165 e. The molecule has 0 spiro atoms. The first kappa shape index (κ1) is 21.4. The van der Waals surface area contributed by atoms with Crippen molar-refractivity contribution in [1.29, 1.82) is 0 Å². The van der Waals surface area contributed by atoms with E-state index in [2.05, 4.69) is 13.0 Å². The number of ether oxygens (including phenoxy) is 1. The highest BCUT2D eigenvalue weighted by Crippen LogP contribution is 2.41. The Labute approximate surface area is 171 Å². The van der Waals surface area contributed by atoms with Crippen LogP contribution in [0.5, 0.6) is 5.75 Å². The molecule has 0 radical (unpaired) electrons. The molecule has 3 rings (SSSR count). The van der Waals surface area contributed by atoms with Crippen LogP contribution in [0.3, 0.4) is 0 Å². The molecule has 1 nitrogen and oxygen atoms in total. The molecule has 1 aromatic rings. The van der Waals surface area contributed by atoms with Crippen molar-refractivity contribution in [2.45, 2.75) is 90.9 Å². The molecule has 1 saturated carbocycles. The van der Waals surface area contributed by atoms with Crippen molar-refractivity contribution in [2.75, 3.05) is 6.61 Å². The molecule has 0 heterocycles. The zero-order chi connectivity index (χ0) is 19.8. The van der Waals surface area contributed by atoms with Crippen LogP contribution < -0.4 is 4.74 Å². The van der Waals surface area contributed by atoms with Crippen LogP contribution in [0.4, 0.5) is 4.39 Å². The molecule has 0 amide bonds. The topological polar surface area (TPSA) is 9.23 Å². The van der Waals surface area contributed by atoms with Gasteiger partial charge in [-0.05, 0) is 86.8 Å². The second kappa shape index (κ2) is 11.0. The van der Waals surface area contributed by atoms with Gasteiger partial charge in [-0.15, -0.1) is 0 Å². The highest BCUT2D eigenvalue weighted by Gasteiger charge is 2.28. The van der Waals surface area contributed by atoms with Gasteiger partial charge in [0.25, 0.3) is 0 Å². The summed E-state index contributed by atoms with van der Waals surface area (Å²) in [6.45, 7) is 4.93. The van der Waals surface area contributed by atoms with Crippen LogP contribution >= 0.6 is 0 Å². The van der Waals surface area contributed by atoms with E-state index in [-0.39, 0.29) is 5.82 Å². The van der Waals surface area contributed by atoms with E-state index >= 15 is 0 Å². The van der Waals surface area contributed by atoms with Crippen molar-refractivity contribution in [3.05, 3.63) is 41.2 Å². The Kier molecular flexibility index (Phi) is 8.43. The summed E-state index contributed by atoms with van der Waals surface area (Å²) in [6.07, 6.45) is 18.0. The number of halogens is 1. The molecule has 0 aliphatic heterocycles. The van der Waals surface area contributed by atoms with Crippen molar-refractivity contribution < 1.29 is 9.13 Å². The van der Waals surface area contributed by atoms with Gasteiger partial charge >= 0.3 is 0 Å². The Bertz CT molecular complexity index is 627. The standard InChI is InChI=1S/C26H39FO/c1-3-5-20-8-13-23(14-9-20)24-15-10-21(11-16-24)6-7-22-12-17-26(25(27)19-22)28-18-4-2/h10,12,17,19-20,23-24H,3-9,11,13-16,18H2,1-2H3/t20-,23-,24?. The van der Waals surface area contributed by atoms with E-state index in [4.69, 9.17) is 4.74 Å². The SMILES string of the molecule is CCCOc1ccc(CCC2=CCC([C@H]3CC[C@H](CCC)CC3)CC2)cc1F. The Morgan fingerprint density at radius 1 is 0.964 bits per heavy atom. The summed E-state index contributed by atoms with van der Waals surface area (Å²) in [6, 6.07) is 5.47. The summed E-state index contributed by atoms with van der Waals surface area (Å²) in [7, 11) is 0. The Morgan fingerprint density at radius 3 is 2.43 bits per heavy atom. The lowest BCUT2D eigenvalue weighted by atomic mass is 9.70. The minimum atomic E-state index is -0.220. The quantitative estimate of drug-likeness (QED) is 0.392. The monoisotopic (exact) mass is 386 g/mol. The van der Waals surface area contributed by atoms with Crippen LogP contribution in [0.25, 0.3) is 0 Å². The van der Waals surface area contributed by atoms with Crippen molar-refractivity contribution >= 4 is 0 Å². The highest BCUT2D eigenvalue weighted by atomic mass is 19.1. The molecule has 1 fully saturated rings. The Hall–Kier alpha value is -1.31. The van der Waals surface area contributed by atoms with E-state index in [9.17, 15) is 4.39 Å². The average molecular weight is 387 g/mol. The van der Waals surface area contributed by atoms with E-state index in [0.717, 1.165) is 42.6 Å². The van der Waals surface area contributed by atoms with E-state index in [1.165, 1.54) is 57.8 Å². The van der Waals surface area contributed by atoms with E-state index < -0.39 is 0 Å². The smallest absolute Gasteiger partial charge is 0.165 e. The van der Waals surface area contributed by atoms with Gasteiger partial charge in [0, 0.05) is 0 Å². The lowest BCUT2D eigenvalue weighted by Crippen LogP contribution is -2.23. The molecular weight excluding hydrogens is 347 g/mol. The van der Waals surface area contributed by atoms with Gasteiger partial charge in [-0.3, -0.25) is 0 Å². The summed E-state index contributed by atoms with van der Waals surface area (Å²) in [5.41, 5.74) is 2.67. The third-order valence-electron chi connectivity index (χ3n) is 6.99. The molecule has 1 atom stereocenters. The third-order valence-corrected chi connectivity index (χ3v) is 6.99. The highest BCUT2D eigenvalue weighted by molar-refractivity contribution is 5.30. The zero-order valence-electron chi connectivity index (χ0n) is 18.0. The number of benzene rings is 1. The van der Waals surface area contributed by atoms with Crippen molar-refractivity contribution in [1.82, 2.24) is 0 Å². The zero-order valence-corrected chi connectivity index (χ0v) is 18.0. The first-order valence-corrected chi connectivity index (χ1v) is 11.8. The van der Waals surface area contributed by atoms with E-state index in [1.807, 2.05) is 13.0 Å².